The van der Waals surface area contributed by atoms with Crippen molar-refractivity contribution in [3.63, 3.8) is 0 Å². The normalized spacial score (nSPS) is 11.2. The number of halogens is 1. The SMILES string of the molecule is COc1ccc2ccc(OC)c(/C=C(/C#N)c3cccc(F)c3)c2c1. The molecule has 0 spiro atoms. The van der Waals surface area contributed by atoms with E-state index in [1.54, 1.807) is 32.4 Å². The molecule has 25 heavy (non-hydrogen) atoms. The predicted molar refractivity (Wildman–Crippen MR) is 96.9 cm³/mol. The van der Waals surface area contributed by atoms with Crippen molar-refractivity contribution in [2.45, 2.75) is 0 Å². The summed E-state index contributed by atoms with van der Waals surface area (Å²) >= 11 is 0. The predicted octanol–water partition coefficient (Wildman–Crippen LogP) is 5.06. The van der Waals surface area contributed by atoms with E-state index in [9.17, 15) is 9.65 Å². The molecule has 0 N–H and O–H groups in total. The van der Waals surface area contributed by atoms with Crippen molar-refractivity contribution in [3.8, 4) is 17.6 Å². The Balaban J connectivity index is 2.26. The van der Waals surface area contributed by atoms with Crippen LogP contribution in [0.15, 0.2) is 54.6 Å². The summed E-state index contributed by atoms with van der Waals surface area (Å²) < 4.78 is 24.3. The smallest absolute Gasteiger partial charge is 0.126 e. The molecule has 0 aliphatic carbocycles. The highest BCUT2D eigenvalue weighted by atomic mass is 19.1. The minimum Gasteiger partial charge on any atom is -0.497 e. The van der Waals surface area contributed by atoms with Gasteiger partial charge in [0, 0.05) is 5.56 Å². The number of methoxy groups -OCH3 is 2. The molecule has 124 valence electrons. The van der Waals surface area contributed by atoms with Crippen molar-refractivity contribution in [1.82, 2.24) is 0 Å². The Bertz CT molecular complexity index is 997. The van der Waals surface area contributed by atoms with Gasteiger partial charge < -0.3 is 9.47 Å². The molecule has 0 bridgehead atoms. The molecule has 0 amide bonds. The van der Waals surface area contributed by atoms with Gasteiger partial charge in [0.2, 0.25) is 0 Å². The molecule has 0 fully saturated rings. The number of hydrogen-bond donors (Lipinski definition) is 0. The maximum Gasteiger partial charge on any atom is 0.126 e. The minimum absolute atomic E-state index is 0.355. The van der Waals surface area contributed by atoms with E-state index in [0.717, 1.165) is 16.3 Å². The molecule has 0 aliphatic rings. The van der Waals surface area contributed by atoms with Gasteiger partial charge in [0.15, 0.2) is 0 Å². The second kappa shape index (κ2) is 7.06. The summed E-state index contributed by atoms with van der Waals surface area (Å²) in [5, 5.41) is 11.4. The third kappa shape index (κ3) is 3.31. The van der Waals surface area contributed by atoms with E-state index < -0.39 is 0 Å². The average molecular weight is 333 g/mol. The van der Waals surface area contributed by atoms with Crippen LogP contribution in [-0.4, -0.2) is 14.2 Å². The average Bonchev–Trinajstić information content (AvgIpc) is 2.65. The molecule has 0 saturated carbocycles. The Morgan fingerprint density at radius 1 is 1.04 bits per heavy atom. The maximum absolute atomic E-state index is 13.5. The first kappa shape index (κ1) is 16.5. The fourth-order valence-electron chi connectivity index (χ4n) is 2.74. The number of hydrogen-bond acceptors (Lipinski definition) is 3. The third-order valence-electron chi connectivity index (χ3n) is 4.00. The van der Waals surface area contributed by atoms with Gasteiger partial charge in [-0.3, -0.25) is 0 Å². The van der Waals surface area contributed by atoms with Gasteiger partial charge in [-0.2, -0.15) is 5.26 Å². The monoisotopic (exact) mass is 333 g/mol. The maximum atomic E-state index is 13.5. The first-order chi connectivity index (χ1) is 12.2. The van der Waals surface area contributed by atoms with Crippen molar-refractivity contribution in [1.29, 1.82) is 5.26 Å². The summed E-state index contributed by atoms with van der Waals surface area (Å²) in [4.78, 5) is 0. The van der Waals surface area contributed by atoms with Crippen LogP contribution >= 0.6 is 0 Å². The first-order valence-electron chi connectivity index (χ1n) is 7.68. The lowest BCUT2D eigenvalue weighted by Gasteiger charge is -2.11. The summed E-state index contributed by atoms with van der Waals surface area (Å²) in [7, 11) is 3.18. The number of ether oxygens (including phenoxy) is 2. The van der Waals surface area contributed by atoms with Crippen LogP contribution in [0.4, 0.5) is 4.39 Å². The van der Waals surface area contributed by atoms with E-state index in [4.69, 9.17) is 9.47 Å². The molecular weight excluding hydrogens is 317 g/mol. The Kier molecular flexibility index (Phi) is 4.67. The Morgan fingerprint density at radius 2 is 1.84 bits per heavy atom. The van der Waals surface area contributed by atoms with E-state index in [-0.39, 0.29) is 5.82 Å². The third-order valence-corrected chi connectivity index (χ3v) is 4.00. The summed E-state index contributed by atoms with van der Waals surface area (Å²) in [6.07, 6.45) is 1.72. The van der Waals surface area contributed by atoms with Gasteiger partial charge in [-0.25, -0.2) is 4.39 Å². The van der Waals surface area contributed by atoms with Crippen molar-refractivity contribution in [2.75, 3.05) is 14.2 Å². The molecule has 0 saturated heterocycles. The van der Waals surface area contributed by atoms with Gasteiger partial charge in [0.1, 0.15) is 17.3 Å². The van der Waals surface area contributed by atoms with E-state index >= 15 is 0 Å². The summed E-state index contributed by atoms with van der Waals surface area (Å²) in [6.45, 7) is 0. The molecule has 4 heteroatoms. The van der Waals surface area contributed by atoms with Crippen LogP contribution in [0, 0.1) is 17.1 Å². The molecule has 3 rings (SSSR count). The van der Waals surface area contributed by atoms with Gasteiger partial charge in [0.25, 0.3) is 0 Å². The van der Waals surface area contributed by atoms with Gasteiger partial charge in [-0.05, 0) is 52.7 Å². The first-order valence-corrected chi connectivity index (χ1v) is 7.68. The Labute approximate surface area is 145 Å². The lowest BCUT2D eigenvalue weighted by molar-refractivity contribution is 0.413. The second-order valence-corrected chi connectivity index (χ2v) is 5.45. The molecular formula is C21H16FNO2. The second-order valence-electron chi connectivity index (χ2n) is 5.45. The zero-order valence-electron chi connectivity index (χ0n) is 13.9. The standard InChI is InChI=1S/C21H16FNO2/c1-24-18-8-6-14-7-9-21(25-2)20(19(14)12-18)11-16(13-23)15-4-3-5-17(22)10-15/h3-12H,1-2H3/b16-11-. The van der Waals surface area contributed by atoms with Crippen molar-refractivity contribution in [2.24, 2.45) is 0 Å². The topological polar surface area (TPSA) is 42.2 Å². The van der Waals surface area contributed by atoms with Crippen molar-refractivity contribution in [3.05, 3.63) is 71.5 Å². The van der Waals surface area contributed by atoms with Crippen LogP contribution in [0.1, 0.15) is 11.1 Å². The molecule has 3 nitrogen and oxygen atoms in total. The number of allylic oxidation sites excluding steroid dienone is 1. The molecule has 0 radical (unpaired) electrons. The van der Waals surface area contributed by atoms with Gasteiger partial charge in [-0.15, -0.1) is 0 Å². The van der Waals surface area contributed by atoms with E-state index in [0.29, 0.717) is 22.6 Å². The zero-order chi connectivity index (χ0) is 17.8. The molecule has 0 unspecified atom stereocenters. The number of nitriles is 1. The molecule has 3 aromatic carbocycles. The van der Waals surface area contributed by atoms with Gasteiger partial charge in [-0.1, -0.05) is 24.3 Å². The molecule has 0 atom stereocenters. The number of benzene rings is 3. The Morgan fingerprint density at radius 3 is 2.52 bits per heavy atom. The van der Waals surface area contributed by atoms with Gasteiger partial charge in [0.05, 0.1) is 25.9 Å². The van der Waals surface area contributed by atoms with E-state index in [2.05, 4.69) is 6.07 Å². The number of nitrogens with zero attached hydrogens (tertiary/aromatic N) is 1. The fraction of sp³-hybridized carbons (Fsp3) is 0.0952. The number of fused-ring (bicyclic) bond motifs is 1. The Hall–Kier alpha value is -3.32. The van der Waals surface area contributed by atoms with Crippen LogP contribution in [0.2, 0.25) is 0 Å². The highest BCUT2D eigenvalue weighted by molar-refractivity contribution is 6.00. The zero-order valence-corrected chi connectivity index (χ0v) is 13.9. The van der Waals surface area contributed by atoms with E-state index in [1.165, 1.54) is 12.1 Å². The van der Waals surface area contributed by atoms with Crippen LogP contribution < -0.4 is 9.47 Å². The molecule has 0 aliphatic heterocycles. The largest absolute Gasteiger partial charge is 0.497 e. The molecule has 0 aromatic heterocycles. The molecule has 3 aromatic rings. The summed E-state index contributed by atoms with van der Waals surface area (Å²) in [6, 6.07) is 17.6. The summed E-state index contributed by atoms with van der Waals surface area (Å²) in [5.41, 5.74) is 1.62. The van der Waals surface area contributed by atoms with Crippen LogP contribution in [0.5, 0.6) is 11.5 Å². The van der Waals surface area contributed by atoms with Crippen LogP contribution in [0.3, 0.4) is 0 Å². The van der Waals surface area contributed by atoms with Crippen molar-refractivity contribution >= 4 is 22.4 Å². The van der Waals surface area contributed by atoms with Gasteiger partial charge >= 0.3 is 0 Å². The lowest BCUT2D eigenvalue weighted by atomic mass is 9.98. The minimum atomic E-state index is -0.384. The summed E-state index contributed by atoms with van der Waals surface area (Å²) in [5.74, 6) is 0.953. The highest BCUT2D eigenvalue weighted by Crippen LogP contribution is 2.33. The lowest BCUT2D eigenvalue weighted by Crippen LogP contribution is -1.91. The van der Waals surface area contributed by atoms with Crippen LogP contribution in [0.25, 0.3) is 22.4 Å². The quantitative estimate of drug-likeness (QED) is 0.495. The molecule has 0 heterocycles. The number of rotatable bonds is 4. The highest BCUT2D eigenvalue weighted by Gasteiger charge is 2.10. The van der Waals surface area contributed by atoms with E-state index in [1.807, 2.05) is 30.3 Å². The fourth-order valence-corrected chi connectivity index (χ4v) is 2.74. The van der Waals surface area contributed by atoms with Crippen molar-refractivity contribution < 1.29 is 13.9 Å². The van der Waals surface area contributed by atoms with Crippen LogP contribution in [-0.2, 0) is 0 Å².